The molecule has 0 aromatic rings. The van der Waals surface area contributed by atoms with Crippen LogP contribution in [0.4, 0.5) is 4.79 Å². The highest BCUT2D eigenvalue weighted by Gasteiger charge is 1.92. The van der Waals surface area contributed by atoms with E-state index in [-0.39, 0.29) is 6.09 Å². The van der Waals surface area contributed by atoms with Gasteiger partial charge < -0.3 is 10.1 Å². The van der Waals surface area contributed by atoms with Crippen molar-refractivity contribution >= 4 is 6.09 Å². The number of amides is 1. The molecule has 26 heavy (non-hydrogen) atoms. The lowest BCUT2D eigenvalue weighted by Crippen LogP contribution is -2.18. The van der Waals surface area contributed by atoms with Gasteiger partial charge in [-0.3, -0.25) is 0 Å². The first kappa shape index (κ1) is 26.5. The second-order valence-electron chi connectivity index (χ2n) is 6.93. The zero-order valence-corrected chi connectivity index (χ0v) is 18.2. The number of carbonyl (C=O) groups is 1. The van der Waals surface area contributed by atoms with Gasteiger partial charge in [-0.25, -0.2) is 4.79 Å². The highest BCUT2D eigenvalue weighted by Crippen LogP contribution is 2.12. The average molecular weight is 364 g/mol. The third-order valence-corrected chi connectivity index (χ3v) is 3.67. The Hall–Kier alpha value is -1.77. The van der Waals surface area contributed by atoms with Crippen molar-refractivity contribution in [1.29, 1.82) is 0 Å². The Kier molecular flexibility index (Phi) is 18.4. The van der Waals surface area contributed by atoms with E-state index in [1.54, 1.807) is 6.92 Å². The lowest BCUT2D eigenvalue weighted by molar-refractivity contribution is 0.154. The maximum absolute atomic E-state index is 10.1. The average Bonchev–Trinajstić information content (AvgIpc) is 2.55. The molecule has 0 aromatic carbocycles. The van der Waals surface area contributed by atoms with Crippen LogP contribution in [0.15, 0.2) is 47.1 Å². The second kappa shape index (κ2) is 18.0. The molecule has 0 unspecified atom stereocenters. The fraction of sp³-hybridized carbons (Fsp3) is 0.609. The van der Waals surface area contributed by atoms with Crippen molar-refractivity contribution in [3.63, 3.8) is 0 Å². The first-order valence-corrected chi connectivity index (χ1v) is 9.66. The molecule has 1 amide bonds. The number of allylic oxidation sites excluding steroid dienone is 7. The minimum atomic E-state index is -0.373. The summed E-state index contributed by atoms with van der Waals surface area (Å²) in [5.41, 5.74) is 5.73. The summed E-state index contributed by atoms with van der Waals surface area (Å²) in [6.45, 7) is 17.0. The Bertz CT molecular complexity index is 480. The van der Waals surface area contributed by atoms with Crippen LogP contribution in [0.1, 0.15) is 80.1 Å². The number of hydrogen-bond acceptors (Lipinski definition) is 2. The van der Waals surface area contributed by atoms with Crippen molar-refractivity contribution in [2.75, 3.05) is 13.7 Å². The monoisotopic (exact) mass is 363 g/mol. The largest absolute Gasteiger partial charge is 0.450 e. The van der Waals surface area contributed by atoms with Crippen molar-refractivity contribution in [2.24, 2.45) is 0 Å². The van der Waals surface area contributed by atoms with E-state index in [9.17, 15) is 4.79 Å². The maximum atomic E-state index is 10.1. The van der Waals surface area contributed by atoms with Crippen LogP contribution in [-0.2, 0) is 4.74 Å². The molecule has 0 heterocycles. The van der Waals surface area contributed by atoms with E-state index in [0.29, 0.717) is 6.61 Å². The standard InChI is InChI=1S/C19H32.C4H9NO2/c1-16(2)10-7-12-18(5)14-9-15-19(6)13-8-11-17(3)4;1-3-7-4(6)5-2/h11-12,15H,1,7-10,13-14H2,2-6H3;3H2,1-2H3,(H,5,6)/b18-12+,19-15+;. The smallest absolute Gasteiger partial charge is 0.406 e. The number of ether oxygens (including phenoxy) is 1. The molecule has 0 aromatic heterocycles. The Morgan fingerprint density at radius 3 is 1.69 bits per heavy atom. The summed E-state index contributed by atoms with van der Waals surface area (Å²) in [5, 5.41) is 2.30. The van der Waals surface area contributed by atoms with Gasteiger partial charge in [0.1, 0.15) is 0 Å². The van der Waals surface area contributed by atoms with Crippen LogP contribution in [-0.4, -0.2) is 19.7 Å². The summed E-state index contributed by atoms with van der Waals surface area (Å²) in [7, 11) is 1.53. The zero-order valence-electron chi connectivity index (χ0n) is 18.2. The summed E-state index contributed by atoms with van der Waals surface area (Å²) in [4.78, 5) is 10.1. The maximum Gasteiger partial charge on any atom is 0.406 e. The lowest BCUT2D eigenvalue weighted by Gasteiger charge is -2.02. The Morgan fingerprint density at radius 1 is 0.885 bits per heavy atom. The summed E-state index contributed by atoms with van der Waals surface area (Å²) >= 11 is 0. The first-order chi connectivity index (χ1) is 12.2. The Balaban J connectivity index is 0. The van der Waals surface area contributed by atoms with Crippen molar-refractivity contribution < 1.29 is 9.53 Å². The summed E-state index contributed by atoms with van der Waals surface area (Å²) in [6.07, 6.45) is 13.7. The zero-order chi connectivity index (χ0) is 20.4. The second-order valence-corrected chi connectivity index (χ2v) is 6.93. The molecule has 0 aliphatic heterocycles. The van der Waals surface area contributed by atoms with E-state index in [0.717, 1.165) is 12.8 Å². The van der Waals surface area contributed by atoms with E-state index < -0.39 is 0 Å². The fourth-order valence-corrected chi connectivity index (χ4v) is 2.11. The van der Waals surface area contributed by atoms with Gasteiger partial charge in [0.15, 0.2) is 0 Å². The number of rotatable bonds is 10. The van der Waals surface area contributed by atoms with Crippen LogP contribution in [0.25, 0.3) is 0 Å². The van der Waals surface area contributed by atoms with Gasteiger partial charge >= 0.3 is 6.09 Å². The minimum Gasteiger partial charge on any atom is -0.450 e. The van der Waals surface area contributed by atoms with E-state index >= 15 is 0 Å². The number of carbonyl (C=O) groups excluding carboxylic acids is 1. The van der Waals surface area contributed by atoms with Crippen LogP contribution in [0, 0.1) is 0 Å². The van der Waals surface area contributed by atoms with Crippen molar-refractivity contribution in [3.05, 3.63) is 47.1 Å². The molecule has 0 atom stereocenters. The van der Waals surface area contributed by atoms with Gasteiger partial charge in [-0.1, -0.05) is 40.5 Å². The Morgan fingerprint density at radius 2 is 1.35 bits per heavy atom. The SMILES string of the molecule is C=C(C)CC/C=C(\C)CC/C=C(\C)CCC=C(C)C.CCOC(=O)NC. The van der Waals surface area contributed by atoms with E-state index in [2.05, 4.69) is 69.5 Å². The molecular weight excluding hydrogens is 322 g/mol. The summed E-state index contributed by atoms with van der Waals surface area (Å²) < 4.78 is 4.44. The molecule has 0 bridgehead atoms. The molecule has 0 radical (unpaired) electrons. The first-order valence-electron chi connectivity index (χ1n) is 9.66. The molecule has 0 saturated heterocycles. The molecule has 3 heteroatoms. The van der Waals surface area contributed by atoms with E-state index in [4.69, 9.17) is 0 Å². The topological polar surface area (TPSA) is 38.3 Å². The lowest BCUT2D eigenvalue weighted by atomic mass is 10.0. The predicted octanol–water partition coefficient (Wildman–Crippen LogP) is 7.12. The third kappa shape index (κ3) is 22.2. The Labute approximate surface area is 162 Å². The van der Waals surface area contributed by atoms with Crippen LogP contribution in [0.5, 0.6) is 0 Å². The molecule has 0 saturated carbocycles. The number of nitrogens with one attached hydrogen (secondary N) is 1. The van der Waals surface area contributed by atoms with Gasteiger partial charge in [0, 0.05) is 7.05 Å². The van der Waals surface area contributed by atoms with Gasteiger partial charge in [-0.05, 0) is 80.1 Å². The molecule has 0 rings (SSSR count). The number of alkyl carbamates (subject to hydrolysis) is 1. The van der Waals surface area contributed by atoms with Gasteiger partial charge in [0.05, 0.1) is 6.61 Å². The van der Waals surface area contributed by atoms with Gasteiger partial charge in [0.25, 0.3) is 0 Å². The van der Waals surface area contributed by atoms with E-state index in [1.807, 2.05) is 0 Å². The van der Waals surface area contributed by atoms with Gasteiger partial charge in [-0.2, -0.15) is 0 Å². The van der Waals surface area contributed by atoms with Crippen LogP contribution in [0.3, 0.4) is 0 Å². The normalized spacial score (nSPS) is 11.2. The van der Waals surface area contributed by atoms with Crippen molar-refractivity contribution in [3.8, 4) is 0 Å². The minimum absolute atomic E-state index is 0.373. The molecule has 0 aliphatic carbocycles. The molecule has 3 nitrogen and oxygen atoms in total. The molecule has 150 valence electrons. The third-order valence-electron chi connectivity index (χ3n) is 3.67. The van der Waals surface area contributed by atoms with Crippen molar-refractivity contribution in [2.45, 2.75) is 80.1 Å². The quantitative estimate of drug-likeness (QED) is 0.419. The predicted molar refractivity (Wildman–Crippen MR) is 116 cm³/mol. The molecule has 0 spiro atoms. The van der Waals surface area contributed by atoms with Crippen LogP contribution < -0.4 is 5.32 Å². The van der Waals surface area contributed by atoms with Crippen LogP contribution >= 0.6 is 0 Å². The van der Waals surface area contributed by atoms with Gasteiger partial charge in [0.2, 0.25) is 0 Å². The van der Waals surface area contributed by atoms with Gasteiger partial charge in [-0.15, -0.1) is 6.58 Å². The summed E-state index contributed by atoms with van der Waals surface area (Å²) in [5.74, 6) is 0. The van der Waals surface area contributed by atoms with Crippen LogP contribution in [0.2, 0.25) is 0 Å². The van der Waals surface area contributed by atoms with E-state index in [1.165, 1.54) is 55.0 Å². The molecule has 1 N–H and O–H groups in total. The molecule has 0 fully saturated rings. The van der Waals surface area contributed by atoms with Crippen molar-refractivity contribution in [1.82, 2.24) is 5.32 Å². The molecular formula is C23H41NO2. The fourth-order valence-electron chi connectivity index (χ4n) is 2.11. The summed E-state index contributed by atoms with van der Waals surface area (Å²) in [6, 6.07) is 0. The highest BCUT2D eigenvalue weighted by atomic mass is 16.5. The highest BCUT2D eigenvalue weighted by molar-refractivity contribution is 5.66. The molecule has 0 aliphatic rings. The number of hydrogen-bond donors (Lipinski definition) is 1.